The van der Waals surface area contributed by atoms with Gasteiger partial charge in [-0.15, -0.1) is 5.10 Å². The number of carboxylic acid groups (broad SMARTS) is 1. The molecule has 1 aliphatic heterocycles. The van der Waals surface area contributed by atoms with Crippen LogP contribution in [-0.4, -0.2) is 33.6 Å². The van der Waals surface area contributed by atoms with E-state index in [1.807, 2.05) is 24.3 Å². The van der Waals surface area contributed by atoms with Crippen molar-refractivity contribution in [2.45, 2.75) is 11.7 Å². The molecule has 1 aliphatic rings. The molecule has 8 heteroatoms. The second-order valence-electron chi connectivity index (χ2n) is 3.89. The van der Waals surface area contributed by atoms with Gasteiger partial charge >= 0.3 is 5.97 Å². The fourth-order valence-electron chi connectivity index (χ4n) is 1.44. The van der Waals surface area contributed by atoms with Gasteiger partial charge in [0.15, 0.2) is 5.17 Å². The molecule has 6 nitrogen and oxygen atoms in total. The molecule has 2 N–H and O–H groups in total. The summed E-state index contributed by atoms with van der Waals surface area (Å²) in [7, 11) is 0. The summed E-state index contributed by atoms with van der Waals surface area (Å²) in [6, 6.07) is 7.48. The second kappa shape index (κ2) is 6.67. The van der Waals surface area contributed by atoms with Crippen LogP contribution in [-0.2, 0) is 9.59 Å². The van der Waals surface area contributed by atoms with E-state index in [-0.39, 0.29) is 12.3 Å². The number of carbonyl (C=O) groups is 2. The van der Waals surface area contributed by atoms with Gasteiger partial charge < -0.3 is 10.4 Å². The zero-order valence-electron chi connectivity index (χ0n) is 10.1. The number of nitrogens with zero attached hydrogens (tertiary/aromatic N) is 2. The van der Waals surface area contributed by atoms with E-state index >= 15 is 0 Å². The van der Waals surface area contributed by atoms with E-state index in [2.05, 4.69) is 31.4 Å². The highest BCUT2D eigenvalue weighted by atomic mass is 79.9. The van der Waals surface area contributed by atoms with E-state index in [0.717, 1.165) is 21.8 Å². The number of halogens is 1. The van der Waals surface area contributed by atoms with Crippen molar-refractivity contribution in [3.63, 3.8) is 0 Å². The third kappa shape index (κ3) is 4.17. The van der Waals surface area contributed by atoms with Gasteiger partial charge in [-0.2, -0.15) is 5.10 Å². The zero-order valence-corrected chi connectivity index (χ0v) is 12.5. The molecule has 1 atom stereocenters. The number of hydrogen-bond donors (Lipinski definition) is 2. The maximum atomic E-state index is 11.5. The van der Waals surface area contributed by atoms with Crippen molar-refractivity contribution < 1.29 is 14.7 Å². The molecule has 0 saturated carbocycles. The van der Waals surface area contributed by atoms with E-state index in [4.69, 9.17) is 5.11 Å². The molecule has 0 aliphatic carbocycles. The molecule has 1 aromatic carbocycles. The Hall–Kier alpha value is -1.67. The van der Waals surface area contributed by atoms with Crippen LogP contribution < -0.4 is 5.32 Å². The Bertz CT molecular complexity index is 586. The standard InChI is InChI=1S/C12H10BrN3O3S/c13-8-3-1-7(2-4-8)6-14-16-12-15-11(19)9(20-12)5-10(17)18/h1-4,6,9H,5H2,(H,17,18)(H,15,16,19). The van der Waals surface area contributed by atoms with Gasteiger partial charge in [0.25, 0.3) is 0 Å². The average Bonchev–Trinajstić information content (AvgIpc) is 2.72. The number of nitrogens with one attached hydrogen (secondary N) is 1. The van der Waals surface area contributed by atoms with Crippen LogP contribution in [0.3, 0.4) is 0 Å². The number of carboxylic acids is 1. The molecule has 104 valence electrons. The van der Waals surface area contributed by atoms with E-state index in [9.17, 15) is 9.59 Å². The van der Waals surface area contributed by atoms with Crippen molar-refractivity contribution >= 4 is 51.0 Å². The summed E-state index contributed by atoms with van der Waals surface area (Å²) in [5.41, 5.74) is 0.869. The first kappa shape index (κ1) is 14.7. The molecule has 1 amide bonds. The van der Waals surface area contributed by atoms with Crippen LogP contribution in [0.1, 0.15) is 12.0 Å². The summed E-state index contributed by atoms with van der Waals surface area (Å²) in [4.78, 5) is 22.0. The maximum absolute atomic E-state index is 11.5. The van der Waals surface area contributed by atoms with Crippen LogP contribution in [0.5, 0.6) is 0 Å². The lowest BCUT2D eigenvalue weighted by Crippen LogP contribution is -2.26. The predicted octanol–water partition coefficient (Wildman–Crippen LogP) is 1.85. The van der Waals surface area contributed by atoms with Gasteiger partial charge in [0, 0.05) is 4.47 Å². The Kier molecular flexibility index (Phi) is 4.91. The number of hydrogen-bond acceptors (Lipinski definition) is 5. The van der Waals surface area contributed by atoms with Crippen LogP contribution in [0.15, 0.2) is 38.9 Å². The fourth-order valence-corrected chi connectivity index (χ4v) is 2.62. The Labute approximate surface area is 127 Å². The smallest absolute Gasteiger partial charge is 0.305 e. The Morgan fingerprint density at radius 2 is 2.15 bits per heavy atom. The van der Waals surface area contributed by atoms with Crippen molar-refractivity contribution in [3.05, 3.63) is 34.3 Å². The van der Waals surface area contributed by atoms with E-state index in [0.29, 0.717) is 5.17 Å². The van der Waals surface area contributed by atoms with Gasteiger partial charge in [-0.1, -0.05) is 39.8 Å². The van der Waals surface area contributed by atoms with Crippen LogP contribution in [0.4, 0.5) is 0 Å². The van der Waals surface area contributed by atoms with Gasteiger partial charge in [-0.3, -0.25) is 9.59 Å². The first-order chi connectivity index (χ1) is 9.54. The first-order valence-corrected chi connectivity index (χ1v) is 7.28. The fraction of sp³-hybridized carbons (Fsp3) is 0.167. The Balaban J connectivity index is 1.97. The van der Waals surface area contributed by atoms with Crippen LogP contribution >= 0.6 is 27.7 Å². The summed E-state index contributed by atoms with van der Waals surface area (Å²) in [5, 5.41) is 18.5. The molecule has 20 heavy (non-hydrogen) atoms. The molecule has 0 radical (unpaired) electrons. The van der Waals surface area contributed by atoms with Gasteiger partial charge in [0.2, 0.25) is 5.91 Å². The molecule has 1 aromatic rings. The molecular formula is C12H10BrN3O3S. The van der Waals surface area contributed by atoms with Crippen LogP contribution in [0.2, 0.25) is 0 Å². The van der Waals surface area contributed by atoms with Crippen LogP contribution in [0.25, 0.3) is 0 Å². The molecule has 0 spiro atoms. The van der Waals surface area contributed by atoms with Crippen LogP contribution in [0, 0.1) is 0 Å². The minimum absolute atomic E-state index is 0.230. The molecule has 0 aromatic heterocycles. The predicted molar refractivity (Wildman–Crippen MR) is 80.9 cm³/mol. The van der Waals surface area contributed by atoms with Crippen molar-refractivity contribution in [2.75, 3.05) is 0 Å². The zero-order chi connectivity index (χ0) is 14.5. The monoisotopic (exact) mass is 355 g/mol. The highest BCUT2D eigenvalue weighted by molar-refractivity contribution is 9.10. The number of rotatable bonds is 4. The molecular weight excluding hydrogens is 346 g/mol. The Morgan fingerprint density at radius 3 is 2.80 bits per heavy atom. The van der Waals surface area contributed by atoms with Gasteiger partial charge in [0.1, 0.15) is 5.25 Å². The highest BCUT2D eigenvalue weighted by Crippen LogP contribution is 2.22. The second-order valence-corrected chi connectivity index (χ2v) is 6.00. The third-order valence-electron chi connectivity index (χ3n) is 2.36. The number of carbonyl (C=O) groups excluding carboxylic acids is 1. The molecule has 1 unspecified atom stereocenters. The van der Waals surface area contributed by atoms with E-state index < -0.39 is 11.2 Å². The van der Waals surface area contributed by atoms with Crippen molar-refractivity contribution in [2.24, 2.45) is 10.2 Å². The number of amidine groups is 1. The summed E-state index contributed by atoms with van der Waals surface area (Å²) >= 11 is 4.40. The maximum Gasteiger partial charge on any atom is 0.305 e. The van der Waals surface area contributed by atoms with Crippen molar-refractivity contribution in [3.8, 4) is 0 Å². The lowest BCUT2D eigenvalue weighted by Gasteiger charge is -1.97. The summed E-state index contributed by atoms with van der Waals surface area (Å²) in [6.07, 6.45) is 1.32. The topological polar surface area (TPSA) is 91.1 Å². The summed E-state index contributed by atoms with van der Waals surface area (Å²) in [5.74, 6) is -1.37. The lowest BCUT2D eigenvalue weighted by molar-refractivity contribution is -0.138. The number of thioether (sulfide) groups is 1. The molecule has 1 heterocycles. The minimum Gasteiger partial charge on any atom is -0.481 e. The molecule has 1 saturated heterocycles. The normalized spacial score (nSPS) is 20.6. The molecule has 2 rings (SSSR count). The van der Waals surface area contributed by atoms with Gasteiger partial charge in [0.05, 0.1) is 12.6 Å². The number of benzene rings is 1. The van der Waals surface area contributed by atoms with Gasteiger partial charge in [-0.05, 0) is 17.7 Å². The third-order valence-corrected chi connectivity index (χ3v) is 3.96. The first-order valence-electron chi connectivity index (χ1n) is 5.60. The SMILES string of the molecule is O=C(O)CC1SC(=NN=Cc2ccc(Br)cc2)NC1=O. The number of amides is 1. The highest BCUT2D eigenvalue weighted by Gasteiger charge is 2.32. The van der Waals surface area contributed by atoms with E-state index in [1.165, 1.54) is 0 Å². The lowest BCUT2D eigenvalue weighted by atomic mass is 10.2. The van der Waals surface area contributed by atoms with Gasteiger partial charge in [-0.25, -0.2) is 0 Å². The quantitative estimate of drug-likeness (QED) is 0.636. The number of aliphatic carboxylic acids is 1. The average molecular weight is 356 g/mol. The Morgan fingerprint density at radius 1 is 1.45 bits per heavy atom. The molecule has 0 bridgehead atoms. The summed E-state index contributed by atoms with van der Waals surface area (Å²) in [6.45, 7) is 0. The van der Waals surface area contributed by atoms with Crippen molar-refractivity contribution in [1.82, 2.24) is 5.32 Å². The molecule has 1 fully saturated rings. The van der Waals surface area contributed by atoms with Crippen molar-refractivity contribution in [1.29, 1.82) is 0 Å². The largest absolute Gasteiger partial charge is 0.481 e. The van der Waals surface area contributed by atoms with E-state index in [1.54, 1.807) is 6.21 Å². The summed E-state index contributed by atoms with van der Waals surface area (Å²) < 4.78 is 0.969. The minimum atomic E-state index is -1.02.